The maximum atomic E-state index is 10.9. The number of nitro groups is 1. The molecule has 1 N–H and O–H groups in total. The van der Waals surface area contributed by atoms with Crippen molar-refractivity contribution in [3.8, 4) is 11.6 Å². The van der Waals surface area contributed by atoms with Crippen LogP contribution >= 0.6 is 15.9 Å². The summed E-state index contributed by atoms with van der Waals surface area (Å²) in [5, 5.41) is 19.8. The molecule has 2 rings (SSSR count). The lowest BCUT2D eigenvalue weighted by molar-refractivity contribution is -0.385. The topological polar surface area (TPSA) is 115 Å². The van der Waals surface area contributed by atoms with Crippen molar-refractivity contribution < 1.29 is 19.6 Å². The summed E-state index contributed by atoms with van der Waals surface area (Å²) in [5.74, 6) is -1.38. The van der Waals surface area contributed by atoms with Gasteiger partial charge in [0.05, 0.1) is 15.0 Å². The molecule has 102 valence electrons. The molecular formula is C11H6BrN3O5. The first kappa shape index (κ1) is 13.9. The summed E-state index contributed by atoms with van der Waals surface area (Å²) in [6.07, 6.45) is 2.60. The molecule has 0 radical (unpaired) electrons. The third-order valence-electron chi connectivity index (χ3n) is 2.24. The minimum absolute atomic E-state index is 0.0469. The fourth-order valence-electron chi connectivity index (χ4n) is 1.36. The van der Waals surface area contributed by atoms with Gasteiger partial charge in [0.2, 0.25) is 11.6 Å². The number of aromatic carboxylic acids is 1. The molecule has 9 heteroatoms. The highest BCUT2D eigenvalue weighted by atomic mass is 79.9. The third kappa shape index (κ3) is 2.88. The molecule has 1 heterocycles. The van der Waals surface area contributed by atoms with Crippen LogP contribution in [0.3, 0.4) is 0 Å². The third-order valence-corrected chi connectivity index (χ3v) is 2.79. The quantitative estimate of drug-likeness (QED) is 0.672. The Labute approximate surface area is 120 Å². The van der Waals surface area contributed by atoms with Gasteiger partial charge < -0.3 is 9.84 Å². The molecule has 2 aromatic rings. The second-order valence-electron chi connectivity index (χ2n) is 3.52. The number of benzene rings is 1. The van der Waals surface area contributed by atoms with Crippen molar-refractivity contribution in [1.29, 1.82) is 0 Å². The summed E-state index contributed by atoms with van der Waals surface area (Å²) in [4.78, 5) is 28.7. The van der Waals surface area contributed by atoms with Crippen LogP contribution in [0, 0.1) is 10.1 Å². The molecule has 1 aromatic heterocycles. The van der Waals surface area contributed by atoms with Crippen molar-refractivity contribution >= 4 is 27.6 Å². The van der Waals surface area contributed by atoms with Crippen molar-refractivity contribution in [2.75, 3.05) is 0 Å². The highest BCUT2D eigenvalue weighted by Crippen LogP contribution is 2.33. The van der Waals surface area contributed by atoms with Crippen molar-refractivity contribution in [1.82, 2.24) is 9.97 Å². The smallest absolute Gasteiger partial charge is 0.335 e. The van der Waals surface area contributed by atoms with E-state index in [1.165, 1.54) is 12.5 Å². The Bertz CT molecular complexity index is 692. The Morgan fingerprint density at radius 2 is 2.20 bits per heavy atom. The normalized spacial score (nSPS) is 10.1. The van der Waals surface area contributed by atoms with E-state index in [1.807, 2.05) is 0 Å². The number of carboxylic acid groups (broad SMARTS) is 1. The van der Waals surface area contributed by atoms with Gasteiger partial charge in [-0.2, -0.15) is 0 Å². The van der Waals surface area contributed by atoms with Gasteiger partial charge in [0, 0.05) is 18.3 Å². The molecule has 0 atom stereocenters. The van der Waals surface area contributed by atoms with Crippen LogP contribution in [0.1, 0.15) is 10.4 Å². The number of nitro benzene ring substituents is 1. The van der Waals surface area contributed by atoms with Crippen molar-refractivity contribution in [2.24, 2.45) is 0 Å². The molecule has 0 saturated carbocycles. The van der Waals surface area contributed by atoms with Crippen LogP contribution in [0.25, 0.3) is 0 Å². The molecule has 8 nitrogen and oxygen atoms in total. The Morgan fingerprint density at radius 3 is 2.80 bits per heavy atom. The van der Waals surface area contributed by atoms with Crippen LogP contribution in [0.5, 0.6) is 11.6 Å². The second-order valence-corrected chi connectivity index (χ2v) is 4.38. The standard InChI is InChI=1S/C11H6BrN3O5/c12-7-4-13-5-14-10(7)20-9-3-6(11(16)17)1-2-8(9)15(18)19/h1-5H,(H,16,17). The van der Waals surface area contributed by atoms with Gasteiger partial charge >= 0.3 is 11.7 Å². The summed E-state index contributed by atoms with van der Waals surface area (Å²) in [5.41, 5.74) is -0.490. The van der Waals surface area contributed by atoms with Crippen LogP contribution in [-0.2, 0) is 0 Å². The van der Waals surface area contributed by atoms with Gasteiger partial charge in [0.15, 0.2) is 0 Å². The molecule has 0 aliphatic heterocycles. The monoisotopic (exact) mass is 339 g/mol. The number of hydrogen-bond acceptors (Lipinski definition) is 6. The second kappa shape index (κ2) is 5.61. The van der Waals surface area contributed by atoms with E-state index in [-0.39, 0.29) is 22.9 Å². The predicted molar refractivity (Wildman–Crippen MR) is 69.9 cm³/mol. The number of nitrogens with zero attached hydrogens (tertiary/aromatic N) is 3. The van der Waals surface area contributed by atoms with E-state index in [0.717, 1.165) is 18.2 Å². The van der Waals surface area contributed by atoms with E-state index >= 15 is 0 Å². The Balaban J connectivity index is 2.48. The summed E-state index contributed by atoms with van der Waals surface area (Å²) in [6.45, 7) is 0. The van der Waals surface area contributed by atoms with Crippen molar-refractivity contribution in [3.05, 3.63) is 50.9 Å². The zero-order chi connectivity index (χ0) is 14.7. The maximum absolute atomic E-state index is 10.9. The maximum Gasteiger partial charge on any atom is 0.335 e. The van der Waals surface area contributed by atoms with Crippen LogP contribution in [-0.4, -0.2) is 26.0 Å². The number of halogens is 1. The number of rotatable bonds is 4. The average molecular weight is 340 g/mol. The molecule has 0 bridgehead atoms. The van der Waals surface area contributed by atoms with E-state index in [1.54, 1.807) is 0 Å². The molecule has 0 aliphatic rings. The van der Waals surface area contributed by atoms with Gasteiger partial charge in [-0.1, -0.05) is 0 Å². The Kier molecular flexibility index (Phi) is 3.89. The van der Waals surface area contributed by atoms with Crippen LogP contribution < -0.4 is 4.74 Å². The Morgan fingerprint density at radius 1 is 1.45 bits per heavy atom. The first-order valence-electron chi connectivity index (χ1n) is 5.14. The number of hydrogen-bond donors (Lipinski definition) is 1. The molecular weight excluding hydrogens is 334 g/mol. The van der Waals surface area contributed by atoms with Crippen molar-refractivity contribution in [2.45, 2.75) is 0 Å². The molecule has 0 saturated heterocycles. The SMILES string of the molecule is O=C(O)c1ccc([N+](=O)[O-])c(Oc2ncncc2Br)c1. The van der Waals surface area contributed by atoms with Gasteiger partial charge in [-0.05, 0) is 22.0 Å². The lowest BCUT2D eigenvalue weighted by Crippen LogP contribution is -2.00. The summed E-state index contributed by atoms with van der Waals surface area (Å²) < 4.78 is 5.67. The van der Waals surface area contributed by atoms with E-state index < -0.39 is 10.9 Å². The summed E-state index contributed by atoms with van der Waals surface area (Å²) >= 11 is 3.13. The fourth-order valence-corrected chi connectivity index (χ4v) is 1.66. The largest absolute Gasteiger partial charge is 0.478 e. The van der Waals surface area contributed by atoms with Crippen molar-refractivity contribution in [3.63, 3.8) is 0 Å². The summed E-state index contributed by atoms with van der Waals surface area (Å²) in [6, 6.07) is 3.26. The molecule has 0 aliphatic carbocycles. The first-order chi connectivity index (χ1) is 9.49. The van der Waals surface area contributed by atoms with Gasteiger partial charge in [-0.3, -0.25) is 10.1 Å². The number of ether oxygens (including phenoxy) is 1. The minimum atomic E-state index is -1.22. The zero-order valence-electron chi connectivity index (χ0n) is 9.69. The molecule has 20 heavy (non-hydrogen) atoms. The van der Waals surface area contributed by atoms with Crippen LogP contribution in [0.2, 0.25) is 0 Å². The lowest BCUT2D eigenvalue weighted by Gasteiger charge is -2.07. The lowest BCUT2D eigenvalue weighted by atomic mass is 10.2. The van der Waals surface area contributed by atoms with Crippen LogP contribution in [0.15, 0.2) is 35.2 Å². The zero-order valence-corrected chi connectivity index (χ0v) is 11.3. The molecule has 1 aromatic carbocycles. The van der Waals surface area contributed by atoms with Crippen LogP contribution in [0.4, 0.5) is 5.69 Å². The van der Waals surface area contributed by atoms with Gasteiger partial charge in [0.1, 0.15) is 6.33 Å². The highest BCUT2D eigenvalue weighted by molar-refractivity contribution is 9.10. The van der Waals surface area contributed by atoms with E-state index in [9.17, 15) is 14.9 Å². The number of carboxylic acids is 1. The molecule has 0 amide bonds. The van der Waals surface area contributed by atoms with Gasteiger partial charge in [-0.25, -0.2) is 14.8 Å². The number of carbonyl (C=O) groups is 1. The average Bonchev–Trinajstić information content (AvgIpc) is 2.41. The van der Waals surface area contributed by atoms with Gasteiger partial charge in [-0.15, -0.1) is 0 Å². The van der Waals surface area contributed by atoms with Gasteiger partial charge in [0.25, 0.3) is 0 Å². The molecule has 0 spiro atoms. The number of aromatic nitrogens is 2. The Hall–Kier alpha value is -2.55. The molecule has 0 fully saturated rings. The first-order valence-corrected chi connectivity index (χ1v) is 5.93. The van der Waals surface area contributed by atoms with E-state index in [4.69, 9.17) is 9.84 Å². The minimum Gasteiger partial charge on any atom is -0.478 e. The molecule has 0 unspecified atom stereocenters. The fraction of sp³-hybridized carbons (Fsp3) is 0. The van der Waals surface area contributed by atoms with E-state index in [2.05, 4.69) is 25.9 Å². The predicted octanol–water partition coefficient (Wildman–Crippen LogP) is 2.64. The highest BCUT2D eigenvalue weighted by Gasteiger charge is 2.19. The van der Waals surface area contributed by atoms with E-state index in [0.29, 0.717) is 4.47 Å². The summed E-state index contributed by atoms with van der Waals surface area (Å²) in [7, 11) is 0.